The molecule has 0 radical (unpaired) electrons. The topological polar surface area (TPSA) is 43.6 Å². The molecule has 1 aromatic heterocycles. The molecule has 1 aliphatic carbocycles. The smallest absolute Gasteiger partial charge is 0.271 e. The minimum Gasteiger partial charge on any atom is -0.488 e. The van der Waals surface area contributed by atoms with Crippen LogP contribution < -0.4 is 19.6 Å². The summed E-state index contributed by atoms with van der Waals surface area (Å²) in [7, 11) is 0. The van der Waals surface area contributed by atoms with Crippen LogP contribution in [-0.4, -0.2) is 4.57 Å². The highest BCUT2D eigenvalue weighted by atomic mass is 32.1. The molecule has 1 atom stereocenters. The van der Waals surface area contributed by atoms with E-state index in [-0.39, 0.29) is 29.8 Å². The summed E-state index contributed by atoms with van der Waals surface area (Å²) in [5, 5.41) is 0. The van der Waals surface area contributed by atoms with Crippen molar-refractivity contribution in [2.75, 3.05) is 0 Å². The predicted molar refractivity (Wildman–Crippen MR) is 156 cm³/mol. The van der Waals surface area contributed by atoms with Gasteiger partial charge < -0.3 is 4.74 Å². The van der Waals surface area contributed by atoms with Gasteiger partial charge in [-0.3, -0.25) is 9.36 Å². The number of hydrogen-bond acceptors (Lipinski definition) is 4. The zero-order valence-electron chi connectivity index (χ0n) is 21.9. The van der Waals surface area contributed by atoms with Crippen LogP contribution in [0.3, 0.4) is 0 Å². The second-order valence-corrected chi connectivity index (χ2v) is 11.1. The van der Waals surface area contributed by atoms with Gasteiger partial charge in [0, 0.05) is 16.7 Å². The molecule has 4 aromatic carbocycles. The molecule has 0 amide bonds. The SMILES string of the molecule is O=c1/c(=C\c2ccccc2OCc2ccccc2F)sc2n1[C@H](c1ccc(F)cc1)C1=C(N=2)c2ccccc2CC1. The third-order valence-electron chi connectivity index (χ3n) is 7.61. The lowest BCUT2D eigenvalue weighted by Crippen LogP contribution is -2.38. The highest BCUT2D eigenvalue weighted by molar-refractivity contribution is 7.07. The monoisotopic (exact) mass is 562 g/mol. The molecule has 7 heteroatoms. The van der Waals surface area contributed by atoms with E-state index in [0.717, 1.165) is 35.2 Å². The molecule has 2 aliphatic rings. The van der Waals surface area contributed by atoms with E-state index in [0.29, 0.717) is 26.2 Å². The number of aryl methyl sites for hydroxylation is 1. The van der Waals surface area contributed by atoms with E-state index in [1.165, 1.54) is 35.1 Å². The van der Waals surface area contributed by atoms with Crippen LogP contribution in [0.4, 0.5) is 8.78 Å². The molecule has 0 N–H and O–H groups in total. The predicted octanol–water partition coefficient (Wildman–Crippen LogP) is 6.18. The molecule has 0 unspecified atom stereocenters. The van der Waals surface area contributed by atoms with Crippen LogP contribution in [0.1, 0.15) is 40.3 Å². The highest BCUT2D eigenvalue weighted by Crippen LogP contribution is 2.41. The number of halogens is 2. The Morgan fingerprint density at radius 3 is 2.51 bits per heavy atom. The number of rotatable bonds is 5. The fraction of sp³-hybridized carbons (Fsp3) is 0.118. The zero-order chi connectivity index (χ0) is 27.9. The zero-order valence-corrected chi connectivity index (χ0v) is 22.7. The van der Waals surface area contributed by atoms with E-state index in [2.05, 4.69) is 12.1 Å². The van der Waals surface area contributed by atoms with E-state index in [1.807, 2.05) is 30.3 Å². The second kappa shape index (κ2) is 10.4. The van der Waals surface area contributed by atoms with E-state index in [1.54, 1.807) is 47.0 Å². The number of aromatic nitrogens is 1. The quantitative estimate of drug-likeness (QED) is 0.257. The minimum absolute atomic E-state index is 0.0650. The van der Waals surface area contributed by atoms with Crippen molar-refractivity contribution in [3.63, 3.8) is 0 Å². The molecule has 5 aromatic rings. The number of benzene rings is 4. The number of hydrogen-bond donors (Lipinski definition) is 0. The lowest BCUT2D eigenvalue weighted by Gasteiger charge is -2.30. The molecular weight excluding hydrogens is 538 g/mol. The first kappa shape index (κ1) is 25.4. The summed E-state index contributed by atoms with van der Waals surface area (Å²) < 4.78 is 36.3. The average Bonchev–Trinajstić information content (AvgIpc) is 3.31. The maximum absolute atomic E-state index is 14.2. The lowest BCUT2D eigenvalue weighted by atomic mass is 9.83. The maximum atomic E-state index is 14.2. The Labute approximate surface area is 238 Å². The molecule has 0 spiro atoms. The van der Waals surface area contributed by atoms with Crippen molar-refractivity contribution in [3.8, 4) is 5.75 Å². The number of para-hydroxylation sites is 1. The van der Waals surface area contributed by atoms with Crippen molar-refractivity contribution < 1.29 is 13.5 Å². The number of thiazole rings is 1. The van der Waals surface area contributed by atoms with Gasteiger partial charge in [0.25, 0.3) is 5.56 Å². The fourth-order valence-electron chi connectivity index (χ4n) is 5.61. The molecule has 1 aliphatic heterocycles. The Hall–Kier alpha value is -4.62. The van der Waals surface area contributed by atoms with E-state index >= 15 is 0 Å². The summed E-state index contributed by atoms with van der Waals surface area (Å²) >= 11 is 1.32. The maximum Gasteiger partial charge on any atom is 0.271 e. The van der Waals surface area contributed by atoms with Gasteiger partial charge in [0.2, 0.25) is 0 Å². The molecule has 41 heavy (non-hydrogen) atoms. The van der Waals surface area contributed by atoms with Crippen molar-refractivity contribution in [1.29, 1.82) is 0 Å². The van der Waals surface area contributed by atoms with E-state index in [4.69, 9.17) is 9.73 Å². The number of ether oxygens (including phenoxy) is 1. The highest BCUT2D eigenvalue weighted by Gasteiger charge is 2.32. The lowest BCUT2D eigenvalue weighted by molar-refractivity contribution is 0.299. The van der Waals surface area contributed by atoms with Gasteiger partial charge in [0.15, 0.2) is 4.80 Å². The van der Waals surface area contributed by atoms with Crippen LogP contribution in [0.25, 0.3) is 11.8 Å². The Balaban J connectivity index is 1.36. The molecule has 7 rings (SSSR count). The van der Waals surface area contributed by atoms with Crippen LogP contribution in [0.5, 0.6) is 5.75 Å². The first-order valence-electron chi connectivity index (χ1n) is 13.4. The molecule has 4 nitrogen and oxygen atoms in total. The van der Waals surface area contributed by atoms with Crippen molar-refractivity contribution in [3.05, 3.63) is 162 Å². The van der Waals surface area contributed by atoms with Gasteiger partial charge in [-0.15, -0.1) is 0 Å². The number of nitrogens with zero attached hydrogens (tertiary/aromatic N) is 2. The van der Waals surface area contributed by atoms with Gasteiger partial charge >= 0.3 is 0 Å². The van der Waals surface area contributed by atoms with Gasteiger partial charge in [0.1, 0.15) is 24.0 Å². The standard InChI is InChI=1S/C34H24F2N2O2S/c35-25-16-13-22(14-17-25)32-27-18-15-21-7-1-4-10-26(21)31(27)37-34-38(32)33(39)30(41-34)19-23-8-3-6-12-29(23)40-20-24-9-2-5-11-28(24)36/h1-14,16-17,19,32H,15,18,20H2/b30-19+/t32-/m1/s1. The largest absolute Gasteiger partial charge is 0.488 e. The summed E-state index contributed by atoms with van der Waals surface area (Å²) in [6, 6.07) is 28.1. The van der Waals surface area contributed by atoms with Gasteiger partial charge in [-0.25, -0.2) is 13.8 Å². The van der Waals surface area contributed by atoms with Crippen molar-refractivity contribution in [1.82, 2.24) is 4.57 Å². The van der Waals surface area contributed by atoms with Gasteiger partial charge in [-0.05, 0) is 59.9 Å². The van der Waals surface area contributed by atoms with Gasteiger partial charge in [-0.1, -0.05) is 84.1 Å². The molecule has 0 saturated carbocycles. The minimum atomic E-state index is -0.384. The molecular formula is C34H24F2N2O2S. The normalized spacial score (nSPS) is 16.0. The Bertz CT molecular complexity index is 2010. The van der Waals surface area contributed by atoms with Crippen LogP contribution in [0.2, 0.25) is 0 Å². The second-order valence-electron chi connectivity index (χ2n) is 10.1. The van der Waals surface area contributed by atoms with Crippen LogP contribution in [-0.2, 0) is 13.0 Å². The van der Waals surface area contributed by atoms with Crippen LogP contribution >= 0.6 is 11.3 Å². The number of fused-ring (bicyclic) bond motifs is 3. The molecule has 0 bridgehead atoms. The summed E-state index contributed by atoms with van der Waals surface area (Å²) in [6.07, 6.45) is 3.41. The molecule has 0 fully saturated rings. The summed E-state index contributed by atoms with van der Waals surface area (Å²) in [6.45, 7) is 0.0650. The Morgan fingerprint density at radius 1 is 0.902 bits per heavy atom. The first-order valence-corrected chi connectivity index (χ1v) is 14.2. The third kappa shape index (κ3) is 4.62. The Kier molecular flexibility index (Phi) is 6.44. The summed E-state index contributed by atoms with van der Waals surface area (Å²) in [5.74, 6) is -0.106. The van der Waals surface area contributed by atoms with Crippen molar-refractivity contribution in [2.45, 2.75) is 25.5 Å². The van der Waals surface area contributed by atoms with E-state index < -0.39 is 0 Å². The van der Waals surface area contributed by atoms with Crippen LogP contribution in [0, 0.1) is 11.6 Å². The average molecular weight is 563 g/mol. The summed E-state index contributed by atoms with van der Waals surface area (Å²) in [5.41, 5.74) is 6.09. The Morgan fingerprint density at radius 2 is 1.66 bits per heavy atom. The molecule has 2 heterocycles. The fourth-order valence-corrected chi connectivity index (χ4v) is 6.60. The van der Waals surface area contributed by atoms with Crippen molar-refractivity contribution in [2.24, 2.45) is 4.99 Å². The van der Waals surface area contributed by atoms with Crippen LogP contribution in [0.15, 0.2) is 112 Å². The van der Waals surface area contributed by atoms with Gasteiger partial charge in [-0.2, -0.15) is 0 Å². The van der Waals surface area contributed by atoms with E-state index in [9.17, 15) is 13.6 Å². The van der Waals surface area contributed by atoms with Crippen molar-refractivity contribution >= 4 is 23.1 Å². The first-order chi connectivity index (χ1) is 20.1. The third-order valence-corrected chi connectivity index (χ3v) is 8.59. The molecule has 0 saturated heterocycles. The molecule has 202 valence electrons. The summed E-state index contributed by atoms with van der Waals surface area (Å²) in [4.78, 5) is 19.6. The number of allylic oxidation sites excluding steroid dienone is 1. The van der Waals surface area contributed by atoms with Gasteiger partial charge in [0.05, 0.1) is 16.3 Å².